The van der Waals surface area contributed by atoms with E-state index >= 15 is 0 Å². The first-order valence-electron chi connectivity index (χ1n) is 8.41. The van der Waals surface area contributed by atoms with E-state index in [0.717, 1.165) is 16.7 Å². The van der Waals surface area contributed by atoms with Crippen LogP contribution in [-0.2, 0) is 16.0 Å². The summed E-state index contributed by atoms with van der Waals surface area (Å²) in [5.41, 5.74) is 3.08. The second kappa shape index (κ2) is 10.0. The van der Waals surface area contributed by atoms with Crippen LogP contribution in [0.1, 0.15) is 30.5 Å². The topological polar surface area (TPSA) is 89.9 Å². The van der Waals surface area contributed by atoms with Crippen LogP contribution < -0.4 is 5.32 Å². The summed E-state index contributed by atoms with van der Waals surface area (Å²) in [6.45, 7) is 7.70. The lowest BCUT2D eigenvalue weighted by molar-refractivity contribution is -0.132. The first-order chi connectivity index (χ1) is 11.8. The number of hydrogen-bond donors (Lipinski definition) is 3. The molecule has 3 N–H and O–H groups in total. The number of nitrogens with one attached hydrogen (secondary N) is 1. The molecule has 0 fully saturated rings. The first-order valence-corrected chi connectivity index (χ1v) is 8.41. The molecule has 0 aromatic heterocycles. The van der Waals surface area contributed by atoms with Gasteiger partial charge in [-0.1, -0.05) is 29.8 Å². The van der Waals surface area contributed by atoms with Gasteiger partial charge >= 0.3 is 7.12 Å². The molecule has 0 saturated heterocycles. The normalized spacial score (nSPS) is 12.1. The summed E-state index contributed by atoms with van der Waals surface area (Å²) in [6.07, 6.45) is 3.30. The summed E-state index contributed by atoms with van der Waals surface area (Å²) in [6, 6.07) is 5.87. The van der Waals surface area contributed by atoms with E-state index in [0.29, 0.717) is 13.0 Å². The van der Waals surface area contributed by atoms with E-state index in [1.54, 1.807) is 19.9 Å². The Morgan fingerprint density at radius 2 is 2.00 bits per heavy atom. The van der Waals surface area contributed by atoms with Crippen molar-refractivity contribution in [3.05, 3.63) is 47.0 Å². The summed E-state index contributed by atoms with van der Waals surface area (Å²) in [5.74, 6) is -1.53. The van der Waals surface area contributed by atoms with E-state index in [-0.39, 0.29) is 12.5 Å². The van der Waals surface area contributed by atoms with Crippen molar-refractivity contribution in [1.29, 1.82) is 0 Å². The van der Waals surface area contributed by atoms with Crippen LogP contribution in [0.25, 0.3) is 0 Å². The number of carbonyl (C=O) groups is 2. The molecule has 136 valence electrons. The van der Waals surface area contributed by atoms with Gasteiger partial charge in [-0.2, -0.15) is 0 Å². The molecule has 1 aromatic rings. The molecule has 0 heterocycles. The molecule has 1 aromatic carbocycles. The van der Waals surface area contributed by atoms with Gasteiger partial charge in [-0.25, -0.2) is 0 Å². The number of allylic oxidation sites excluding steroid dienone is 1. The quantitative estimate of drug-likeness (QED) is 0.479. The molecule has 6 nitrogen and oxygen atoms in total. The van der Waals surface area contributed by atoms with E-state index in [4.69, 9.17) is 0 Å². The highest BCUT2D eigenvalue weighted by Gasteiger charge is 2.27. The largest absolute Gasteiger partial charge is 0.475 e. The Balaban J connectivity index is 2.76. The molecule has 0 spiro atoms. The van der Waals surface area contributed by atoms with Crippen LogP contribution in [0.2, 0.25) is 0 Å². The van der Waals surface area contributed by atoms with Crippen molar-refractivity contribution in [2.45, 2.75) is 40.1 Å². The number of amides is 2. The van der Waals surface area contributed by atoms with Gasteiger partial charge < -0.3 is 20.3 Å². The molecule has 7 heteroatoms. The van der Waals surface area contributed by atoms with Crippen molar-refractivity contribution in [3.8, 4) is 0 Å². The zero-order valence-electron chi connectivity index (χ0n) is 15.3. The van der Waals surface area contributed by atoms with Crippen molar-refractivity contribution in [2.24, 2.45) is 0 Å². The van der Waals surface area contributed by atoms with Gasteiger partial charge in [0.15, 0.2) is 0 Å². The molecule has 0 saturated carbocycles. The van der Waals surface area contributed by atoms with E-state index in [2.05, 4.69) is 5.32 Å². The van der Waals surface area contributed by atoms with Crippen LogP contribution in [0.3, 0.4) is 0 Å². The maximum Gasteiger partial charge on any atom is 0.475 e. The highest BCUT2D eigenvalue weighted by Crippen LogP contribution is 2.13. The molecular formula is C18H27BN2O4. The average Bonchev–Trinajstić information content (AvgIpc) is 2.54. The molecule has 0 bridgehead atoms. The number of rotatable bonds is 8. The SMILES string of the molecule is CC=CC(=O)N(CC)CC(=O)N[C@@H](Cc1ccc(C)cc1C)B(O)O. The lowest BCUT2D eigenvalue weighted by Gasteiger charge is -2.23. The first kappa shape index (κ1) is 20.9. The van der Waals surface area contributed by atoms with Crippen molar-refractivity contribution in [1.82, 2.24) is 10.2 Å². The molecule has 0 unspecified atom stereocenters. The minimum absolute atomic E-state index is 0.129. The van der Waals surface area contributed by atoms with Gasteiger partial charge in [0.1, 0.15) is 0 Å². The van der Waals surface area contributed by atoms with Crippen molar-refractivity contribution in [2.75, 3.05) is 13.1 Å². The van der Waals surface area contributed by atoms with Gasteiger partial charge in [0.25, 0.3) is 0 Å². The minimum atomic E-state index is -1.69. The van der Waals surface area contributed by atoms with E-state index in [1.165, 1.54) is 11.0 Å². The second-order valence-corrected chi connectivity index (χ2v) is 6.07. The number of likely N-dealkylation sites (N-methyl/N-ethyl adjacent to an activating group) is 1. The van der Waals surface area contributed by atoms with Crippen LogP contribution in [-0.4, -0.2) is 52.9 Å². The number of nitrogens with zero attached hydrogens (tertiary/aromatic N) is 1. The Labute approximate surface area is 149 Å². The van der Waals surface area contributed by atoms with Crippen LogP contribution in [0.15, 0.2) is 30.4 Å². The molecule has 2 amide bonds. The Morgan fingerprint density at radius 3 is 2.52 bits per heavy atom. The summed E-state index contributed by atoms with van der Waals surface area (Å²) in [5, 5.41) is 21.8. The fraction of sp³-hybridized carbons (Fsp3) is 0.444. The standard InChI is InChI=1S/C18H27BN2O4/c1-5-7-18(23)21(6-2)12-17(22)20-16(19(24)25)11-15-9-8-13(3)10-14(15)4/h5,7-10,16,24-25H,6,11-12H2,1-4H3,(H,20,22)/t16-/m0/s1. The van der Waals surface area contributed by atoms with Gasteiger partial charge in [0.05, 0.1) is 12.5 Å². The fourth-order valence-electron chi connectivity index (χ4n) is 2.56. The van der Waals surface area contributed by atoms with Crippen molar-refractivity contribution in [3.63, 3.8) is 0 Å². The highest BCUT2D eigenvalue weighted by atomic mass is 16.4. The average molecular weight is 346 g/mol. The Morgan fingerprint density at radius 1 is 1.32 bits per heavy atom. The van der Waals surface area contributed by atoms with Gasteiger partial charge in [0.2, 0.25) is 11.8 Å². The molecule has 1 rings (SSSR count). The summed E-state index contributed by atoms with van der Waals surface area (Å²) in [7, 11) is -1.69. The van der Waals surface area contributed by atoms with E-state index in [1.807, 2.05) is 32.0 Å². The minimum Gasteiger partial charge on any atom is -0.426 e. The molecule has 0 aliphatic carbocycles. The van der Waals surface area contributed by atoms with Gasteiger partial charge in [-0.3, -0.25) is 9.59 Å². The zero-order chi connectivity index (χ0) is 19.0. The van der Waals surface area contributed by atoms with Crippen LogP contribution in [0.4, 0.5) is 0 Å². The number of aryl methyl sites for hydroxylation is 2. The summed E-state index contributed by atoms with van der Waals surface area (Å²) < 4.78 is 0. The Bertz CT molecular complexity index is 632. The fourth-order valence-corrected chi connectivity index (χ4v) is 2.56. The van der Waals surface area contributed by atoms with Gasteiger partial charge in [-0.15, -0.1) is 0 Å². The maximum atomic E-state index is 12.2. The van der Waals surface area contributed by atoms with Crippen molar-refractivity contribution >= 4 is 18.9 Å². The van der Waals surface area contributed by atoms with Gasteiger partial charge in [-0.05, 0) is 51.3 Å². The molecular weight excluding hydrogens is 319 g/mol. The smallest absolute Gasteiger partial charge is 0.426 e. The second-order valence-electron chi connectivity index (χ2n) is 6.07. The predicted octanol–water partition coefficient (Wildman–Crippen LogP) is 0.767. The van der Waals surface area contributed by atoms with E-state index in [9.17, 15) is 19.6 Å². The predicted molar refractivity (Wildman–Crippen MR) is 98.8 cm³/mol. The molecule has 0 radical (unpaired) electrons. The van der Waals surface area contributed by atoms with E-state index < -0.39 is 19.0 Å². The van der Waals surface area contributed by atoms with Crippen LogP contribution in [0, 0.1) is 13.8 Å². The molecule has 0 aliphatic rings. The Hall–Kier alpha value is -2.12. The summed E-state index contributed by atoms with van der Waals surface area (Å²) in [4.78, 5) is 25.5. The van der Waals surface area contributed by atoms with Crippen LogP contribution >= 0.6 is 0 Å². The number of benzene rings is 1. The number of hydrogen-bond acceptors (Lipinski definition) is 4. The van der Waals surface area contributed by atoms with Crippen LogP contribution in [0.5, 0.6) is 0 Å². The molecule has 0 aliphatic heterocycles. The zero-order valence-corrected chi connectivity index (χ0v) is 15.3. The number of carbonyl (C=O) groups excluding carboxylic acids is 2. The monoisotopic (exact) mass is 346 g/mol. The third kappa shape index (κ3) is 6.72. The van der Waals surface area contributed by atoms with Crippen molar-refractivity contribution < 1.29 is 19.6 Å². The molecule has 25 heavy (non-hydrogen) atoms. The molecule has 1 atom stereocenters. The highest BCUT2D eigenvalue weighted by molar-refractivity contribution is 6.43. The third-order valence-electron chi connectivity index (χ3n) is 3.98. The lowest BCUT2D eigenvalue weighted by Crippen LogP contribution is -2.51. The maximum absolute atomic E-state index is 12.2. The Kier molecular flexibility index (Phi) is 8.38. The van der Waals surface area contributed by atoms with Gasteiger partial charge in [0, 0.05) is 6.54 Å². The summed E-state index contributed by atoms with van der Waals surface area (Å²) >= 11 is 0. The lowest BCUT2D eigenvalue weighted by atomic mass is 9.75. The third-order valence-corrected chi connectivity index (χ3v) is 3.98.